The van der Waals surface area contributed by atoms with Gasteiger partial charge in [-0.2, -0.15) is 8.78 Å². The fourth-order valence-corrected chi connectivity index (χ4v) is 1.51. The van der Waals surface area contributed by atoms with Crippen LogP contribution < -0.4 is 10.1 Å². The zero-order valence-electron chi connectivity index (χ0n) is 10.9. The zero-order chi connectivity index (χ0) is 15.2. The Morgan fingerprint density at radius 1 is 1.24 bits per heavy atom. The number of nitrogens with zero attached hydrogens (tertiary/aromatic N) is 2. The fraction of sp³-hybridized carbons (Fsp3) is 0.154. The van der Waals surface area contributed by atoms with Crippen molar-refractivity contribution in [1.82, 2.24) is 9.97 Å². The van der Waals surface area contributed by atoms with E-state index in [1.807, 2.05) is 0 Å². The molecule has 6 nitrogen and oxygen atoms in total. The Kier molecular flexibility index (Phi) is 4.60. The lowest BCUT2D eigenvalue weighted by Gasteiger charge is -2.11. The first-order valence-corrected chi connectivity index (χ1v) is 5.81. The number of carbonyl (C=O) groups is 1. The van der Waals surface area contributed by atoms with E-state index in [0.717, 1.165) is 0 Å². The molecule has 0 unspecified atom stereocenters. The average Bonchev–Trinajstić information content (AvgIpc) is 2.49. The van der Waals surface area contributed by atoms with Crippen LogP contribution in [0.25, 0.3) is 0 Å². The van der Waals surface area contributed by atoms with Crippen LogP contribution in [0.3, 0.4) is 0 Å². The lowest BCUT2D eigenvalue weighted by molar-refractivity contribution is -0.0493. The molecule has 1 aromatic carbocycles. The van der Waals surface area contributed by atoms with Crippen molar-refractivity contribution in [2.75, 3.05) is 12.4 Å². The maximum atomic E-state index is 12.3. The highest BCUT2D eigenvalue weighted by Crippen LogP contribution is 2.27. The van der Waals surface area contributed by atoms with Crippen molar-refractivity contribution in [3.63, 3.8) is 0 Å². The standard InChI is InChI=1S/C13H11F2N3O3/c1-20-12(19)9-6-17-11(7-16-9)18-8-4-2-3-5-10(8)21-13(14)15/h2-7,13H,1H3,(H,17,18). The summed E-state index contributed by atoms with van der Waals surface area (Å²) >= 11 is 0. The minimum absolute atomic E-state index is 0.0219. The summed E-state index contributed by atoms with van der Waals surface area (Å²) in [5.74, 6) is -0.366. The number of alkyl halides is 2. The van der Waals surface area contributed by atoms with Gasteiger partial charge in [-0.3, -0.25) is 0 Å². The highest BCUT2D eigenvalue weighted by molar-refractivity contribution is 5.86. The second kappa shape index (κ2) is 6.60. The monoisotopic (exact) mass is 295 g/mol. The summed E-state index contributed by atoms with van der Waals surface area (Å²) in [5.41, 5.74) is 0.345. The number of aromatic nitrogens is 2. The van der Waals surface area contributed by atoms with Crippen LogP contribution in [-0.4, -0.2) is 29.7 Å². The van der Waals surface area contributed by atoms with Crippen LogP contribution in [0.1, 0.15) is 10.5 Å². The molecule has 0 saturated carbocycles. The molecular formula is C13H11F2N3O3. The van der Waals surface area contributed by atoms with Crippen molar-refractivity contribution in [3.05, 3.63) is 42.4 Å². The zero-order valence-corrected chi connectivity index (χ0v) is 10.9. The highest BCUT2D eigenvalue weighted by Gasteiger charge is 2.11. The third kappa shape index (κ3) is 3.85. The summed E-state index contributed by atoms with van der Waals surface area (Å²) in [6.45, 7) is -2.93. The van der Waals surface area contributed by atoms with E-state index in [2.05, 4.69) is 24.8 Å². The van der Waals surface area contributed by atoms with Gasteiger partial charge in [0.1, 0.15) is 11.6 Å². The van der Waals surface area contributed by atoms with Crippen molar-refractivity contribution in [2.45, 2.75) is 6.61 Å². The minimum Gasteiger partial charge on any atom is -0.464 e. The first-order valence-electron chi connectivity index (χ1n) is 5.81. The number of rotatable bonds is 5. The number of anilines is 2. The highest BCUT2D eigenvalue weighted by atomic mass is 19.3. The van der Waals surface area contributed by atoms with Crippen LogP contribution in [0.2, 0.25) is 0 Å². The Balaban J connectivity index is 2.16. The number of halogens is 2. The van der Waals surface area contributed by atoms with Crippen LogP contribution in [0.5, 0.6) is 5.75 Å². The van der Waals surface area contributed by atoms with Crippen LogP contribution in [0.15, 0.2) is 36.7 Å². The van der Waals surface area contributed by atoms with Crippen molar-refractivity contribution in [2.24, 2.45) is 0 Å². The summed E-state index contributed by atoms with van der Waals surface area (Å²) in [6, 6.07) is 6.16. The maximum Gasteiger partial charge on any atom is 0.387 e. The maximum absolute atomic E-state index is 12.3. The molecule has 0 bridgehead atoms. The molecular weight excluding hydrogens is 284 g/mol. The average molecular weight is 295 g/mol. The quantitative estimate of drug-likeness (QED) is 0.855. The molecule has 0 fully saturated rings. The molecule has 1 aromatic heterocycles. The molecule has 0 atom stereocenters. The van der Waals surface area contributed by atoms with Gasteiger partial charge in [-0.15, -0.1) is 0 Å². The number of benzene rings is 1. The van der Waals surface area contributed by atoms with Crippen LogP contribution in [-0.2, 0) is 4.74 Å². The summed E-state index contributed by atoms with van der Waals surface area (Å²) < 4.78 is 33.5. The van der Waals surface area contributed by atoms with Gasteiger partial charge in [-0.05, 0) is 12.1 Å². The van der Waals surface area contributed by atoms with Crippen LogP contribution in [0, 0.1) is 0 Å². The lowest BCUT2D eigenvalue weighted by Crippen LogP contribution is -2.07. The third-order valence-corrected chi connectivity index (χ3v) is 2.41. The second-order valence-electron chi connectivity index (χ2n) is 3.78. The molecule has 1 heterocycles. The molecule has 0 saturated heterocycles. The Hall–Kier alpha value is -2.77. The largest absolute Gasteiger partial charge is 0.464 e. The van der Waals surface area contributed by atoms with E-state index in [1.54, 1.807) is 18.2 Å². The van der Waals surface area contributed by atoms with Crippen LogP contribution >= 0.6 is 0 Å². The Morgan fingerprint density at radius 2 is 2.00 bits per heavy atom. The molecule has 2 rings (SSSR count). The summed E-state index contributed by atoms with van der Waals surface area (Å²) in [4.78, 5) is 19.0. The van der Waals surface area contributed by atoms with E-state index in [9.17, 15) is 13.6 Å². The molecule has 0 aliphatic heterocycles. The number of hydrogen-bond acceptors (Lipinski definition) is 6. The van der Waals surface area contributed by atoms with E-state index < -0.39 is 12.6 Å². The smallest absolute Gasteiger partial charge is 0.387 e. The number of nitrogens with one attached hydrogen (secondary N) is 1. The normalized spacial score (nSPS) is 10.3. The number of hydrogen-bond donors (Lipinski definition) is 1. The van der Waals surface area contributed by atoms with Gasteiger partial charge < -0.3 is 14.8 Å². The summed E-state index contributed by atoms with van der Waals surface area (Å²) in [7, 11) is 1.23. The molecule has 110 valence electrons. The van der Waals surface area contributed by atoms with E-state index in [-0.39, 0.29) is 17.3 Å². The lowest BCUT2D eigenvalue weighted by atomic mass is 10.3. The number of para-hydroxylation sites is 2. The van der Waals surface area contributed by atoms with Crippen molar-refractivity contribution in [3.8, 4) is 5.75 Å². The number of ether oxygens (including phenoxy) is 2. The Morgan fingerprint density at radius 3 is 2.62 bits per heavy atom. The SMILES string of the molecule is COC(=O)c1cnc(Nc2ccccc2OC(F)F)cn1. The van der Waals surface area contributed by atoms with E-state index in [1.165, 1.54) is 25.6 Å². The minimum atomic E-state index is -2.93. The fourth-order valence-electron chi connectivity index (χ4n) is 1.51. The van der Waals surface area contributed by atoms with E-state index in [0.29, 0.717) is 5.69 Å². The molecule has 0 amide bonds. The molecule has 0 aliphatic carbocycles. The molecule has 2 aromatic rings. The van der Waals surface area contributed by atoms with Gasteiger partial charge in [-0.1, -0.05) is 12.1 Å². The molecule has 0 aliphatic rings. The first-order chi connectivity index (χ1) is 10.1. The van der Waals surface area contributed by atoms with Gasteiger partial charge in [0.15, 0.2) is 5.69 Å². The van der Waals surface area contributed by atoms with Crippen molar-refractivity contribution >= 4 is 17.5 Å². The van der Waals surface area contributed by atoms with Gasteiger partial charge in [-0.25, -0.2) is 14.8 Å². The van der Waals surface area contributed by atoms with Crippen molar-refractivity contribution in [1.29, 1.82) is 0 Å². The van der Waals surface area contributed by atoms with E-state index >= 15 is 0 Å². The molecule has 0 radical (unpaired) electrons. The predicted octanol–water partition coefficient (Wildman–Crippen LogP) is 2.61. The Labute approximate surface area is 118 Å². The van der Waals surface area contributed by atoms with Crippen molar-refractivity contribution < 1.29 is 23.0 Å². The topological polar surface area (TPSA) is 73.3 Å². The third-order valence-electron chi connectivity index (χ3n) is 2.41. The molecule has 0 spiro atoms. The van der Waals surface area contributed by atoms with Gasteiger partial charge >= 0.3 is 12.6 Å². The summed E-state index contributed by atoms with van der Waals surface area (Å²) in [6.07, 6.45) is 2.50. The predicted molar refractivity (Wildman–Crippen MR) is 69.7 cm³/mol. The van der Waals surface area contributed by atoms with Gasteiger partial charge in [0.05, 0.1) is 25.2 Å². The Bertz CT molecular complexity index is 620. The second-order valence-corrected chi connectivity index (χ2v) is 3.78. The molecule has 21 heavy (non-hydrogen) atoms. The number of methoxy groups -OCH3 is 1. The van der Waals surface area contributed by atoms with Crippen LogP contribution in [0.4, 0.5) is 20.3 Å². The first kappa shape index (κ1) is 14.6. The number of carbonyl (C=O) groups excluding carboxylic acids is 1. The van der Waals surface area contributed by atoms with Gasteiger partial charge in [0, 0.05) is 0 Å². The molecule has 8 heteroatoms. The van der Waals surface area contributed by atoms with Gasteiger partial charge in [0.2, 0.25) is 0 Å². The molecule has 1 N–H and O–H groups in total. The van der Waals surface area contributed by atoms with E-state index in [4.69, 9.17) is 0 Å². The number of esters is 1. The summed E-state index contributed by atoms with van der Waals surface area (Å²) in [5, 5.41) is 2.78. The van der Waals surface area contributed by atoms with Gasteiger partial charge in [0.25, 0.3) is 0 Å².